The second-order valence-corrected chi connectivity index (χ2v) is 3.27. The quantitative estimate of drug-likeness (QED) is 0.343. The van der Waals surface area contributed by atoms with E-state index < -0.39 is 36.3 Å². The number of carbonyl (C=O) groups is 2. The highest BCUT2D eigenvalue weighted by Crippen LogP contribution is 2.29. The zero-order chi connectivity index (χ0) is 15.2. The molecule has 19 heavy (non-hydrogen) atoms. The van der Waals surface area contributed by atoms with Crippen LogP contribution >= 0.6 is 0 Å². The molecular weight excluding hydrogens is 277 g/mol. The summed E-state index contributed by atoms with van der Waals surface area (Å²) in [6.07, 6.45) is -4.24. The largest absolute Gasteiger partial charge is 0.451 e. The lowest BCUT2D eigenvalue weighted by Crippen LogP contribution is -2.34. The van der Waals surface area contributed by atoms with E-state index in [1.807, 2.05) is 0 Å². The van der Waals surface area contributed by atoms with Gasteiger partial charge in [-0.15, -0.1) is 6.58 Å². The van der Waals surface area contributed by atoms with Crippen LogP contribution in [0.1, 0.15) is 0 Å². The van der Waals surface area contributed by atoms with E-state index in [4.69, 9.17) is 0 Å². The smallest absolute Gasteiger partial charge is 0.445 e. The van der Waals surface area contributed by atoms with Gasteiger partial charge in [0.25, 0.3) is 0 Å². The van der Waals surface area contributed by atoms with E-state index >= 15 is 0 Å². The SMILES string of the molecule is C=CCN(C)C(=O)C(=O)OC/C(F)=C(\F)C(F)(F)F. The molecule has 0 spiro atoms. The number of halogens is 5. The normalized spacial score (nSPS) is 12.5. The van der Waals surface area contributed by atoms with Crippen LogP contribution in [0.5, 0.6) is 0 Å². The predicted molar refractivity (Wildman–Crippen MR) is 54.1 cm³/mol. The highest BCUT2D eigenvalue weighted by atomic mass is 19.4. The lowest BCUT2D eigenvalue weighted by molar-refractivity contribution is -0.159. The van der Waals surface area contributed by atoms with Crippen molar-refractivity contribution in [3.63, 3.8) is 0 Å². The highest BCUT2D eigenvalue weighted by molar-refractivity contribution is 6.32. The molecular formula is C10H10F5NO3. The number of ether oxygens (including phenoxy) is 1. The number of esters is 1. The fourth-order valence-electron chi connectivity index (χ4n) is 0.840. The third kappa shape index (κ3) is 5.49. The standard InChI is InChI=1S/C10H10F5NO3/c1-3-4-16(2)8(17)9(18)19-5-6(11)7(12)10(13,14)15/h3H,1,4-5H2,2H3/b7-6+. The van der Waals surface area contributed by atoms with Gasteiger partial charge in [0.05, 0.1) is 0 Å². The average molecular weight is 287 g/mol. The highest BCUT2D eigenvalue weighted by Gasteiger charge is 2.38. The van der Waals surface area contributed by atoms with Crippen LogP contribution < -0.4 is 0 Å². The summed E-state index contributed by atoms with van der Waals surface area (Å²) in [6.45, 7) is 1.64. The molecule has 0 radical (unpaired) electrons. The molecule has 0 bridgehead atoms. The molecule has 0 saturated heterocycles. The fourth-order valence-corrected chi connectivity index (χ4v) is 0.840. The maximum absolute atomic E-state index is 12.6. The van der Waals surface area contributed by atoms with Crippen molar-refractivity contribution in [2.45, 2.75) is 6.18 Å². The van der Waals surface area contributed by atoms with E-state index in [9.17, 15) is 31.5 Å². The average Bonchev–Trinajstić information content (AvgIpc) is 2.32. The van der Waals surface area contributed by atoms with Crippen LogP contribution in [0.2, 0.25) is 0 Å². The predicted octanol–water partition coefficient (Wildman–Crippen LogP) is 1.89. The first-order valence-electron chi connectivity index (χ1n) is 4.75. The molecule has 0 aromatic rings. The van der Waals surface area contributed by atoms with Gasteiger partial charge in [0.15, 0.2) is 5.83 Å². The van der Waals surface area contributed by atoms with Crippen molar-refractivity contribution in [1.29, 1.82) is 0 Å². The monoisotopic (exact) mass is 287 g/mol. The van der Waals surface area contributed by atoms with E-state index in [-0.39, 0.29) is 6.54 Å². The van der Waals surface area contributed by atoms with E-state index in [0.717, 1.165) is 4.90 Å². The molecule has 0 aliphatic carbocycles. The van der Waals surface area contributed by atoms with Gasteiger partial charge in [-0.2, -0.15) is 17.6 Å². The van der Waals surface area contributed by atoms with Crippen molar-refractivity contribution < 1.29 is 36.3 Å². The van der Waals surface area contributed by atoms with Crippen molar-refractivity contribution in [2.24, 2.45) is 0 Å². The van der Waals surface area contributed by atoms with Crippen LogP contribution in [0.15, 0.2) is 24.3 Å². The third-order valence-electron chi connectivity index (χ3n) is 1.74. The Morgan fingerprint density at radius 1 is 1.32 bits per heavy atom. The third-order valence-corrected chi connectivity index (χ3v) is 1.74. The second kappa shape index (κ2) is 6.86. The summed E-state index contributed by atoms with van der Waals surface area (Å²) < 4.78 is 64.0. The summed E-state index contributed by atoms with van der Waals surface area (Å²) in [4.78, 5) is 23.0. The molecule has 0 aromatic heterocycles. The van der Waals surface area contributed by atoms with Crippen molar-refractivity contribution in [1.82, 2.24) is 4.90 Å². The Morgan fingerprint density at radius 2 is 1.84 bits per heavy atom. The number of nitrogens with zero attached hydrogens (tertiary/aromatic N) is 1. The van der Waals surface area contributed by atoms with E-state index in [1.165, 1.54) is 13.1 Å². The minimum absolute atomic E-state index is 0.0246. The zero-order valence-corrected chi connectivity index (χ0v) is 9.76. The summed E-state index contributed by atoms with van der Waals surface area (Å²) in [5.41, 5.74) is 0. The Hall–Kier alpha value is -1.93. The Morgan fingerprint density at radius 3 is 2.26 bits per heavy atom. The van der Waals surface area contributed by atoms with Crippen molar-refractivity contribution in [2.75, 3.05) is 20.2 Å². The molecule has 0 heterocycles. The Bertz CT molecular complexity index is 402. The number of hydrogen-bond donors (Lipinski definition) is 0. The molecule has 1 amide bonds. The summed E-state index contributed by atoms with van der Waals surface area (Å²) >= 11 is 0. The number of allylic oxidation sites excluding steroid dienone is 1. The maximum Gasteiger partial charge on any atom is 0.445 e. The molecule has 4 nitrogen and oxygen atoms in total. The molecule has 0 aliphatic heterocycles. The number of rotatable bonds is 4. The summed E-state index contributed by atoms with van der Waals surface area (Å²) in [5, 5.41) is 0. The Balaban J connectivity index is 4.54. The zero-order valence-electron chi connectivity index (χ0n) is 9.76. The fraction of sp³-hybridized carbons (Fsp3) is 0.400. The lowest BCUT2D eigenvalue weighted by atomic mass is 10.4. The molecule has 9 heteroatoms. The van der Waals surface area contributed by atoms with Crippen LogP contribution in [0.4, 0.5) is 22.0 Å². The summed E-state index contributed by atoms with van der Waals surface area (Å²) in [5.74, 6) is -8.15. The first kappa shape index (κ1) is 17.1. The minimum atomic E-state index is -5.51. The van der Waals surface area contributed by atoms with Crippen molar-refractivity contribution in [3.8, 4) is 0 Å². The number of amides is 1. The summed E-state index contributed by atoms with van der Waals surface area (Å²) in [6, 6.07) is 0. The molecule has 0 aliphatic rings. The van der Waals surface area contributed by atoms with Gasteiger partial charge in [0.1, 0.15) is 6.61 Å². The summed E-state index contributed by atoms with van der Waals surface area (Å²) in [7, 11) is 1.19. The van der Waals surface area contributed by atoms with Gasteiger partial charge in [0.2, 0.25) is 5.83 Å². The topological polar surface area (TPSA) is 46.6 Å². The minimum Gasteiger partial charge on any atom is -0.451 e. The first-order valence-corrected chi connectivity index (χ1v) is 4.75. The van der Waals surface area contributed by atoms with Crippen LogP contribution in [-0.2, 0) is 14.3 Å². The molecule has 0 aromatic carbocycles. The van der Waals surface area contributed by atoms with Crippen LogP contribution in [0.3, 0.4) is 0 Å². The van der Waals surface area contributed by atoms with Gasteiger partial charge in [-0.3, -0.25) is 4.79 Å². The van der Waals surface area contributed by atoms with Gasteiger partial charge >= 0.3 is 18.1 Å². The van der Waals surface area contributed by atoms with Gasteiger partial charge < -0.3 is 9.64 Å². The molecule has 0 unspecified atom stereocenters. The molecule has 0 rings (SSSR count). The molecule has 108 valence electrons. The second-order valence-electron chi connectivity index (χ2n) is 3.27. The lowest BCUT2D eigenvalue weighted by Gasteiger charge is -2.13. The van der Waals surface area contributed by atoms with Crippen LogP contribution in [0.25, 0.3) is 0 Å². The van der Waals surface area contributed by atoms with E-state index in [1.54, 1.807) is 0 Å². The van der Waals surface area contributed by atoms with Gasteiger partial charge in [-0.1, -0.05) is 6.08 Å². The molecule has 0 saturated carbocycles. The van der Waals surface area contributed by atoms with Gasteiger partial charge in [-0.25, -0.2) is 9.18 Å². The van der Waals surface area contributed by atoms with Gasteiger partial charge in [0, 0.05) is 13.6 Å². The molecule has 0 atom stereocenters. The molecule has 0 N–H and O–H groups in total. The number of carbonyl (C=O) groups excluding carboxylic acids is 2. The van der Waals surface area contributed by atoms with Gasteiger partial charge in [-0.05, 0) is 0 Å². The Labute approximate surface area is 105 Å². The van der Waals surface area contributed by atoms with Crippen LogP contribution in [-0.4, -0.2) is 43.2 Å². The van der Waals surface area contributed by atoms with Crippen molar-refractivity contribution >= 4 is 11.9 Å². The van der Waals surface area contributed by atoms with Crippen molar-refractivity contribution in [3.05, 3.63) is 24.3 Å². The number of hydrogen-bond acceptors (Lipinski definition) is 3. The van der Waals surface area contributed by atoms with E-state index in [2.05, 4.69) is 11.3 Å². The number of alkyl halides is 3. The van der Waals surface area contributed by atoms with E-state index in [0.29, 0.717) is 0 Å². The first-order chi connectivity index (χ1) is 8.61. The molecule has 0 fully saturated rings. The van der Waals surface area contributed by atoms with Crippen LogP contribution in [0, 0.1) is 0 Å². The Kier molecular flexibility index (Phi) is 6.16. The maximum atomic E-state index is 12.6. The number of likely N-dealkylation sites (N-methyl/N-ethyl adjacent to an activating group) is 1.